The summed E-state index contributed by atoms with van der Waals surface area (Å²) in [6, 6.07) is 0. The van der Waals surface area contributed by atoms with Crippen LogP contribution in [0, 0.1) is 5.92 Å². The van der Waals surface area contributed by atoms with Gasteiger partial charge in [0, 0.05) is 13.5 Å². The Hall–Kier alpha value is 0.110. The van der Waals surface area contributed by atoms with Crippen molar-refractivity contribution in [2.24, 2.45) is 5.92 Å². The second-order valence-corrected chi connectivity index (χ2v) is 4.32. The maximum Gasteiger partial charge on any atom is 0.143 e. The van der Waals surface area contributed by atoms with Gasteiger partial charge in [-0.1, -0.05) is 15.9 Å². The first kappa shape index (κ1) is 11.2. The number of alkyl halides is 1. The van der Waals surface area contributed by atoms with E-state index in [9.17, 15) is 4.79 Å². The first-order valence-corrected chi connectivity index (χ1v) is 5.99. The molecule has 0 radical (unpaired) electrons. The predicted molar refractivity (Wildman–Crippen MR) is 56.2 cm³/mol. The molecule has 1 fully saturated rings. The molecule has 1 rings (SSSR count). The normalized spacial score (nSPS) is 28.8. The van der Waals surface area contributed by atoms with E-state index < -0.39 is 0 Å². The third-order valence-corrected chi connectivity index (χ3v) is 3.42. The van der Waals surface area contributed by atoms with Crippen LogP contribution >= 0.6 is 15.9 Å². The van der Waals surface area contributed by atoms with Crippen LogP contribution in [0.15, 0.2) is 0 Å². The molecule has 0 N–H and O–H groups in total. The lowest BCUT2D eigenvalue weighted by Crippen LogP contribution is -2.22. The van der Waals surface area contributed by atoms with Crippen LogP contribution in [-0.4, -0.2) is 24.3 Å². The number of rotatable bonds is 4. The fourth-order valence-corrected chi connectivity index (χ4v) is 2.18. The number of methoxy groups -OCH3 is 1. The molecule has 0 amide bonds. The molecule has 3 heteroatoms. The fourth-order valence-electron chi connectivity index (χ4n) is 1.95. The van der Waals surface area contributed by atoms with Gasteiger partial charge in [-0.3, -0.25) is 4.79 Å². The van der Waals surface area contributed by atoms with Gasteiger partial charge in [0.1, 0.15) is 5.78 Å². The topological polar surface area (TPSA) is 26.3 Å². The average molecular weight is 249 g/mol. The Morgan fingerprint density at radius 2 is 2.00 bits per heavy atom. The highest BCUT2D eigenvalue weighted by atomic mass is 79.9. The van der Waals surface area contributed by atoms with Gasteiger partial charge in [-0.15, -0.1) is 0 Å². The van der Waals surface area contributed by atoms with Gasteiger partial charge in [-0.25, -0.2) is 0 Å². The minimum absolute atomic E-state index is 0.334. The van der Waals surface area contributed by atoms with E-state index in [-0.39, 0.29) is 0 Å². The lowest BCUT2D eigenvalue weighted by atomic mass is 9.84. The summed E-state index contributed by atoms with van der Waals surface area (Å²) in [7, 11) is 1.77. The van der Waals surface area contributed by atoms with Gasteiger partial charge in [0.15, 0.2) is 0 Å². The van der Waals surface area contributed by atoms with Gasteiger partial charge in [0.05, 0.1) is 11.4 Å². The number of ether oxygens (including phenoxy) is 1. The Balaban J connectivity index is 2.21. The van der Waals surface area contributed by atoms with Crippen molar-refractivity contribution in [1.29, 1.82) is 0 Å². The second kappa shape index (κ2) is 5.76. The van der Waals surface area contributed by atoms with Gasteiger partial charge in [-0.05, 0) is 31.6 Å². The van der Waals surface area contributed by atoms with Gasteiger partial charge < -0.3 is 4.74 Å². The molecule has 0 spiro atoms. The summed E-state index contributed by atoms with van der Waals surface area (Å²) in [5, 5.41) is 0.511. The molecule has 0 aromatic heterocycles. The molecule has 1 aliphatic rings. The van der Waals surface area contributed by atoms with Crippen LogP contribution < -0.4 is 0 Å². The minimum atomic E-state index is 0.334. The van der Waals surface area contributed by atoms with Crippen molar-refractivity contribution < 1.29 is 9.53 Å². The third kappa shape index (κ3) is 3.77. The number of hydrogen-bond acceptors (Lipinski definition) is 2. The predicted octanol–water partition coefficient (Wildman–Crippen LogP) is 2.55. The van der Waals surface area contributed by atoms with Gasteiger partial charge in [0.25, 0.3) is 0 Å². The van der Waals surface area contributed by atoms with Crippen LogP contribution in [0.3, 0.4) is 0 Å². The molecule has 1 saturated carbocycles. The van der Waals surface area contributed by atoms with Crippen molar-refractivity contribution in [3.8, 4) is 0 Å². The van der Waals surface area contributed by atoms with Crippen LogP contribution in [-0.2, 0) is 9.53 Å². The number of Topliss-reactive ketones (excluding diaryl/α,β-unsaturated/α-hetero) is 1. The highest BCUT2D eigenvalue weighted by molar-refractivity contribution is 9.09. The van der Waals surface area contributed by atoms with Crippen molar-refractivity contribution in [2.45, 2.75) is 38.2 Å². The standard InChI is InChI=1S/C10H17BrO2/c1-13-10-4-2-8(3-5-10)6-9(12)7-11/h8,10H,2-7H2,1H3. The summed E-state index contributed by atoms with van der Waals surface area (Å²) in [6.45, 7) is 0. The largest absolute Gasteiger partial charge is 0.381 e. The monoisotopic (exact) mass is 248 g/mol. The van der Waals surface area contributed by atoms with Crippen molar-refractivity contribution in [3.05, 3.63) is 0 Å². The Kier molecular flexibility index (Phi) is 4.96. The molecule has 0 aromatic rings. The molecule has 13 heavy (non-hydrogen) atoms. The molecular weight excluding hydrogens is 232 g/mol. The maximum absolute atomic E-state index is 11.2. The number of halogens is 1. The number of carbonyl (C=O) groups excluding carboxylic acids is 1. The van der Waals surface area contributed by atoms with E-state index in [1.165, 1.54) is 0 Å². The van der Waals surface area contributed by atoms with Crippen molar-refractivity contribution in [2.75, 3.05) is 12.4 Å². The smallest absolute Gasteiger partial charge is 0.143 e. The molecule has 76 valence electrons. The zero-order valence-electron chi connectivity index (χ0n) is 8.09. The molecule has 0 atom stereocenters. The van der Waals surface area contributed by atoms with E-state index in [1.807, 2.05) is 0 Å². The summed E-state index contributed by atoms with van der Waals surface area (Å²) in [4.78, 5) is 11.2. The molecule has 0 aromatic carbocycles. The highest BCUT2D eigenvalue weighted by Gasteiger charge is 2.22. The fraction of sp³-hybridized carbons (Fsp3) is 0.900. The highest BCUT2D eigenvalue weighted by Crippen LogP contribution is 2.28. The summed E-state index contributed by atoms with van der Waals surface area (Å²) in [5.41, 5.74) is 0. The van der Waals surface area contributed by atoms with Gasteiger partial charge in [0.2, 0.25) is 0 Å². The van der Waals surface area contributed by atoms with Crippen LogP contribution in [0.25, 0.3) is 0 Å². The van der Waals surface area contributed by atoms with Crippen molar-refractivity contribution in [3.63, 3.8) is 0 Å². The maximum atomic E-state index is 11.2. The van der Waals surface area contributed by atoms with Gasteiger partial charge in [-0.2, -0.15) is 0 Å². The van der Waals surface area contributed by atoms with E-state index in [4.69, 9.17) is 4.74 Å². The SMILES string of the molecule is COC1CCC(CC(=O)CBr)CC1. The third-order valence-electron chi connectivity index (χ3n) is 2.79. The molecule has 2 nitrogen and oxygen atoms in total. The van der Waals surface area contributed by atoms with E-state index in [0.29, 0.717) is 23.1 Å². The van der Waals surface area contributed by atoms with E-state index in [0.717, 1.165) is 32.1 Å². The van der Waals surface area contributed by atoms with Crippen LogP contribution in [0.1, 0.15) is 32.1 Å². The Morgan fingerprint density at radius 3 is 2.46 bits per heavy atom. The molecule has 0 unspecified atom stereocenters. The number of ketones is 1. The van der Waals surface area contributed by atoms with E-state index in [1.54, 1.807) is 7.11 Å². The van der Waals surface area contributed by atoms with E-state index >= 15 is 0 Å². The summed E-state index contributed by atoms with van der Waals surface area (Å²) in [5.74, 6) is 0.942. The first-order chi connectivity index (χ1) is 6.26. The lowest BCUT2D eigenvalue weighted by Gasteiger charge is -2.26. The Morgan fingerprint density at radius 1 is 1.38 bits per heavy atom. The Labute approximate surface area is 88.2 Å². The van der Waals surface area contributed by atoms with Crippen LogP contribution in [0.2, 0.25) is 0 Å². The summed E-state index contributed by atoms with van der Waals surface area (Å²) in [6.07, 6.45) is 5.74. The van der Waals surface area contributed by atoms with E-state index in [2.05, 4.69) is 15.9 Å². The molecule has 1 aliphatic carbocycles. The number of carbonyl (C=O) groups is 1. The average Bonchev–Trinajstić information content (AvgIpc) is 2.19. The zero-order valence-corrected chi connectivity index (χ0v) is 9.68. The van der Waals surface area contributed by atoms with Crippen LogP contribution in [0.4, 0.5) is 0 Å². The number of hydrogen-bond donors (Lipinski definition) is 0. The van der Waals surface area contributed by atoms with Gasteiger partial charge >= 0.3 is 0 Å². The molecule has 0 bridgehead atoms. The molecule has 0 heterocycles. The second-order valence-electron chi connectivity index (χ2n) is 3.75. The van der Waals surface area contributed by atoms with Crippen LogP contribution in [0.5, 0.6) is 0 Å². The van der Waals surface area contributed by atoms with Crippen molar-refractivity contribution in [1.82, 2.24) is 0 Å². The summed E-state index contributed by atoms with van der Waals surface area (Å²) < 4.78 is 5.28. The molecule has 0 saturated heterocycles. The first-order valence-electron chi connectivity index (χ1n) is 4.86. The molecule has 0 aliphatic heterocycles. The minimum Gasteiger partial charge on any atom is -0.381 e. The van der Waals surface area contributed by atoms with Crippen molar-refractivity contribution >= 4 is 21.7 Å². The summed E-state index contributed by atoms with van der Waals surface area (Å²) >= 11 is 3.19. The molecular formula is C10H17BrO2. The quantitative estimate of drug-likeness (QED) is 0.716. The Bertz CT molecular complexity index is 162. The zero-order chi connectivity index (χ0) is 9.68. The lowest BCUT2D eigenvalue weighted by molar-refractivity contribution is -0.117.